The Balaban J connectivity index is 1.27. The van der Waals surface area contributed by atoms with Crippen molar-refractivity contribution in [3.8, 4) is 0 Å². The van der Waals surface area contributed by atoms with E-state index in [9.17, 15) is 19.2 Å². The molecule has 230 valence electrons. The van der Waals surface area contributed by atoms with E-state index in [1.54, 1.807) is 26.8 Å². The van der Waals surface area contributed by atoms with Gasteiger partial charge in [0.2, 0.25) is 11.8 Å². The van der Waals surface area contributed by atoms with Gasteiger partial charge in [-0.3, -0.25) is 19.2 Å². The van der Waals surface area contributed by atoms with Crippen LogP contribution < -0.4 is 0 Å². The van der Waals surface area contributed by atoms with Crippen LogP contribution in [-0.4, -0.2) is 71.7 Å². The summed E-state index contributed by atoms with van der Waals surface area (Å²) in [6.07, 6.45) is 4.97. The fraction of sp³-hybridized carbons (Fsp3) is 0.429. The fourth-order valence-corrected chi connectivity index (χ4v) is 7.37. The molecule has 0 bridgehead atoms. The van der Waals surface area contributed by atoms with Crippen molar-refractivity contribution in [1.29, 1.82) is 0 Å². The van der Waals surface area contributed by atoms with Crippen LogP contribution in [0.3, 0.4) is 0 Å². The number of carbonyl (C=O) groups excluding carboxylic acids is 4. The van der Waals surface area contributed by atoms with Crippen molar-refractivity contribution in [2.75, 3.05) is 33.3 Å². The average molecular weight is 598 g/mol. The fourth-order valence-electron chi connectivity index (χ4n) is 7.37. The number of nitrogens with zero attached hydrogens (tertiary/aromatic N) is 3. The molecule has 3 aliphatic rings. The Morgan fingerprint density at radius 3 is 2.41 bits per heavy atom. The van der Waals surface area contributed by atoms with Gasteiger partial charge in [0.1, 0.15) is 5.41 Å². The lowest BCUT2D eigenvalue weighted by Crippen LogP contribution is -2.56. The number of piperazine rings is 1. The molecule has 3 amide bonds. The van der Waals surface area contributed by atoms with Gasteiger partial charge in [-0.05, 0) is 53.1 Å². The van der Waals surface area contributed by atoms with E-state index in [1.807, 2.05) is 48.5 Å². The molecule has 2 aromatic carbocycles. The first kappa shape index (κ1) is 29.7. The summed E-state index contributed by atoms with van der Waals surface area (Å²) in [5, 5.41) is 2.12. The molecule has 1 aromatic heterocycles. The molecule has 0 saturated carbocycles. The van der Waals surface area contributed by atoms with Gasteiger partial charge in [-0.2, -0.15) is 0 Å². The Morgan fingerprint density at radius 1 is 0.955 bits per heavy atom. The third-order valence-corrected chi connectivity index (χ3v) is 9.48. The van der Waals surface area contributed by atoms with Gasteiger partial charge in [0.25, 0.3) is 5.91 Å². The molecule has 2 aliphatic heterocycles. The van der Waals surface area contributed by atoms with Crippen LogP contribution in [0.4, 0.5) is 0 Å². The maximum atomic E-state index is 14.3. The molecule has 9 heteroatoms. The second-order valence-electron chi connectivity index (χ2n) is 13.0. The number of esters is 1. The van der Waals surface area contributed by atoms with Crippen LogP contribution in [0, 0.1) is 16.7 Å². The van der Waals surface area contributed by atoms with Crippen molar-refractivity contribution in [2.45, 2.75) is 46.1 Å². The predicted octanol–water partition coefficient (Wildman–Crippen LogP) is 5.02. The van der Waals surface area contributed by atoms with E-state index in [-0.39, 0.29) is 47.7 Å². The molecule has 1 aliphatic carbocycles. The van der Waals surface area contributed by atoms with Gasteiger partial charge < -0.3 is 23.9 Å². The topological polar surface area (TPSA) is 100 Å². The van der Waals surface area contributed by atoms with Gasteiger partial charge in [0.05, 0.1) is 19.9 Å². The maximum absolute atomic E-state index is 14.3. The van der Waals surface area contributed by atoms with Gasteiger partial charge >= 0.3 is 5.97 Å². The highest BCUT2D eigenvalue weighted by Crippen LogP contribution is 2.55. The summed E-state index contributed by atoms with van der Waals surface area (Å²) in [5.74, 6) is -1.28. The van der Waals surface area contributed by atoms with Gasteiger partial charge in [-0.1, -0.05) is 62.4 Å². The number of rotatable bonds is 6. The Labute approximate surface area is 257 Å². The summed E-state index contributed by atoms with van der Waals surface area (Å²) in [6, 6.07) is 17.4. The van der Waals surface area contributed by atoms with Crippen LogP contribution in [0.2, 0.25) is 0 Å². The van der Waals surface area contributed by atoms with Crippen LogP contribution in [0.1, 0.15) is 55.6 Å². The Morgan fingerprint density at radius 2 is 1.68 bits per heavy atom. The zero-order valence-electron chi connectivity index (χ0n) is 25.6. The van der Waals surface area contributed by atoms with Crippen LogP contribution >= 0.6 is 0 Å². The standard InChI is InChI=1S/C35H39N3O6/c1-34(2)14-13-29-35(23-34,33(42)43-3)21-26(31(40)38(29)22-25-10-6-9-24-8-4-5-11-27(24)25)20-30(39)36-15-17-37(18-16-36)32(41)28-12-7-19-44-28/h4-13,19,26H,14-18,20-23H2,1-3H3/t26-,35-/m1/s1. The molecule has 2 fully saturated rings. The van der Waals surface area contributed by atoms with E-state index in [0.29, 0.717) is 44.8 Å². The van der Waals surface area contributed by atoms with Crippen molar-refractivity contribution in [3.05, 3.63) is 84.0 Å². The van der Waals surface area contributed by atoms with Crippen molar-refractivity contribution in [1.82, 2.24) is 14.7 Å². The summed E-state index contributed by atoms with van der Waals surface area (Å²) in [7, 11) is 1.39. The van der Waals surface area contributed by atoms with E-state index in [1.165, 1.54) is 13.4 Å². The van der Waals surface area contributed by atoms with E-state index in [0.717, 1.165) is 22.8 Å². The number of hydrogen-bond acceptors (Lipinski definition) is 6. The first-order valence-electron chi connectivity index (χ1n) is 15.3. The number of furan rings is 1. The van der Waals surface area contributed by atoms with E-state index in [4.69, 9.17) is 9.15 Å². The second kappa shape index (κ2) is 11.6. The molecule has 2 saturated heterocycles. The highest BCUT2D eigenvalue weighted by Gasteiger charge is 2.57. The van der Waals surface area contributed by atoms with Crippen LogP contribution in [-0.2, 0) is 25.7 Å². The van der Waals surface area contributed by atoms with Crippen molar-refractivity contribution in [2.24, 2.45) is 16.7 Å². The number of methoxy groups -OCH3 is 1. The highest BCUT2D eigenvalue weighted by molar-refractivity contribution is 5.94. The summed E-state index contributed by atoms with van der Waals surface area (Å²) in [5.41, 5.74) is 0.448. The maximum Gasteiger partial charge on any atom is 0.317 e. The second-order valence-corrected chi connectivity index (χ2v) is 13.0. The summed E-state index contributed by atoms with van der Waals surface area (Å²) < 4.78 is 10.7. The van der Waals surface area contributed by atoms with Gasteiger partial charge in [-0.15, -0.1) is 0 Å². The Kier molecular flexibility index (Phi) is 7.82. The number of piperidine rings is 1. The molecule has 6 rings (SSSR count). The molecular weight excluding hydrogens is 558 g/mol. The molecule has 0 unspecified atom stereocenters. The number of carbonyl (C=O) groups is 4. The number of allylic oxidation sites excluding steroid dienone is 1. The van der Waals surface area contributed by atoms with Gasteiger partial charge in [0, 0.05) is 44.2 Å². The SMILES string of the molecule is COC(=O)[C@@]12C[C@@H](CC(=O)N3CCN(C(=O)c4ccco4)CC3)C(=O)N(Cc3cccc4ccccc34)C1=CCC(C)(C)C2. The Hall–Kier alpha value is -4.40. The molecular formula is C35H39N3O6. The first-order valence-corrected chi connectivity index (χ1v) is 15.3. The number of amides is 3. The number of likely N-dealkylation sites (tertiary alicyclic amines) is 1. The molecule has 44 heavy (non-hydrogen) atoms. The number of fused-ring (bicyclic) bond motifs is 2. The summed E-state index contributed by atoms with van der Waals surface area (Å²) >= 11 is 0. The Bertz CT molecular complexity index is 1610. The third-order valence-electron chi connectivity index (χ3n) is 9.48. The van der Waals surface area contributed by atoms with Gasteiger partial charge in [0.15, 0.2) is 5.76 Å². The minimum atomic E-state index is -1.03. The quantitative estimate of drug-likeness (QED) is 0.370. The van der Waals surface area contributed by atoms with Gasteiger partial charge in [-0.25, -0.2) is 0 Å². The molecule has 0 spiro atoms. The molecule has 0 N–H and O–H groups in total. The predicted molar refractivity (Wildman–Crippen MR) is 164 cm³/mol. The lowest BCUT2D eigenvalue weighted by Gasteiger charge is -2.51. The van der Waals surface area contributed by atoms with E-state index in [2.05, 4.69) is 13.8 Å². The number of hydrogen-bond donors (Lipinski definition) is 0. The zero-order valence-corrected chi connectivity index (χ0v) is 25.6. The minimum Gasteiger partial charge on any atom is -0.468 e. The molecule has 3 heterocycles. The van der Waals surface area contributed by atoms with Crippen molar-refractivity contribution < 1.29 is 28.3 Å². The third kappa shape index (κ3) is 5.40. The zero-order chi connectivity index (χ0) is 31.1. The number of benzene rings is 2. The number of ether oxygens (including phenoxy) is 1. The molecule has 9 nitrogen and oxygen atoms in total. The first-order chi connectivity index (χ1) is 21.1. The van der Waals surface area contributed by atoms with Crippen LogP contribution in [0.15, 0.2) is 77.1 Å². The molecule has 3 aromatic rings. The highest BCUT2D eigenvalue weighted by atomic mass is 16.5. The van der Waals surface area contributed by atoms with E-state index < -0.39 is 11.3 Å². The average Bonchev–Trinajstić information content (AvgIpc) is 3.57. The monoisotopic (exact) mass is 597 g/mol. The van der Waals surface area contributed by atoms with Crippen LogP contribution in [0.5, 0.6) is 0 Å². The normalized spacial score (nSPS) is 23.2. The lowest BCUT2D eigenvalue weighted by atomic mass is 9.59. The van der Waals surface area contributed by atoms with Crippen molar-refractivity contribution in [3.63, 3.8) is 0 Å². The molecule has 2 atom stereocenters. The lowest BCUT2D eigenvalue weighted by molar-refractivity contribution is -0.163. The van der Waals surface area contributed by atoms with Crippen LogP contribution in [0.25, 0.3) is 10.8 Å². The van der Waals surface area contributed by atoms with Crippen molar-refractivity contribution >= 4 is 34.5 Å². The largest absolute Gasteiger partial charge is 0.468 e. The molecule has 0 radical (unpaired) electrons. The summed E-state index contributed by atoms with van der Waals surface area (Å²) in [6.45, 7) is 6.04. The minimum absolute atomic E-state index is 0.0105. The van der Waals surface area contributed by atoms with E-state index >= 15 is 0 Å². The smallest absolute Gasteiger partial charge is 0.317 e. The summed E-state index contributed by atoms with van der Waals surface area (Å²) in [4.78, 5) is 59.6.